The van der Waals surface area contributed by atoms with E-state index < -0.39 is 0 Å². The van der Waals surface area contributed by atoms with Gasteiger partial charge in [0.2, 0.25) is 0 Å². The fourth-order valence-electron chi connectivity index (χ4n) is 4.73. The number of aryl methyl sites for hydroxylation is 1. The maximum Gasteiger partial charge on any atom is 0.256 e. The largest absolute Gasteiger partial charge is 0.380 e. The molecule has 7 nitrogen and oxygen atoms in total. The molecule has 2 aromatic heterocycles. The summed E-state index contributed by atoms with van der Waals surface area (Å²) in [6, 6.07) is 3.67. The summed E-state index contributed by atoms with van der Waals surface area (Å²) < 4.78 is 11.0. The first-order valence-corrected chi connectivity index (χ1v) is 11.3. The molecule has 0 bridgehead atoms. The number of rotatable bonds is 5. The number of nitrogens with zero attached hydrogens (tertiary/aromatic N) is 1. The molecule has 1 saturated heterocycles. The van der Waals surface area contributed by atoms with Gasteiger partial charge >= 0.3 is 0 Å². The summed E-state index contributed by atoms with van der Waals surface area (Å²) in [5, 5.41) is 1.69. The number of H-pyrrole nitrogens is 2. The zero-order valence-corrected chi connectivity index (χ0v) is 19.3. The number of pyridine rings is 1. The fraction of sp³-hybridized carbons (Fsp3) is 0.391. The van der Waals surface area contributed by atoms with Gasteiger partial charge < -0.3 is 24.3 Å². The Labute approximate surface area is 194 Å². The van der Waals surface area contributed by atoms with E-state index in [2.05, 4.69) is 9.97 Å². The molecule has 5 rings (SSSR count). The molecule has 0 radical (unpaired) electrons. The van der Waals surface area contributed by atoms with Crippen LogP contribution in [-0.4, -0.2) is 47.6 Å². The minimum atomic E-state index is -0.304. The fourth-order valence-corrected chi connectivity index (χ4v) is 5.39. The molecule has 2 aliphatic heterocycles. The molecule has 4 heterocycles. The number of halogens is 2. The van der Waals surface area contributed by atoms with Crippen molar-refractivity contribution in [1.29, 1.82) is 0 Å². The van der Waals surface area contributed by atoms with Crippen LogP contribution < -0.4 is 5.56 Å². The Morgan fingerprint density at radius 1 is 1.31 bits per heavy atom. The molecule has 0 saturated carbocycles. The van der Waals surface area contributed by atoms with Gasteiger partial charge in [0, 0.05) is 53.0 Å². The van der Waals surface area contributed by atoms with Crippen LogP contribution in [0.4, 0.5) is 0 Å². The lowest BCUT2D eigenvalue weighted by Crippen LogP contribution is -2.39. The summed E-state index contributed by atoms with van der Waals surface area (Å²) in [5.41, 5.74) is 3.81. The molecule has 1 fully saturated rings. The number of hydrogen-bond donors (Lipinski definition) is 2. The van der Waals surface area contributed by atoms with Gasteiger partial charge in [0.1, 0.15) is 0 Å². The molecule has 0 aliphatic carbocycles. The van der Waals surface area contributed by atoms with Crippen LogP contribution in [-0.2, 0) is 22.4 Å². The smallest absolute Gasteiger partial charge is 0.256 e. The summed E-state index contributed by atoms with van der Waals surface area (Å²) in [4.78, 5) is 34.0. The third kappa shape index (κ3) is 3.35. The Bertz CT molecular complexity index is 1280. The summed E-state index contributed by atoms with van der Waals surface area (Å²) >= 11 is 13.4. The number of amides is 1. The minimum Gasteiger partial charge on any atom is -0.380 e. The number of carbonyl (C=O) groups excluding carboxylic acids is 1. The van der Waals surface area contributed by atoms with Gasteiger partial charge in [-0.15, -0.1) is 0 Å². The number of nitrogens with one attached hydrogen (secondary N) is 2. The van der Waals surface area contributed by atoms with Gasteiger partial charge in [-0.3, -0.25) is 9.59 Å². The number of aromatic amines is 2. The number of aromatic nitrogens is 2. The van der Waals surface area contributed by atoms with Crippen molar-refractivity contribution in [1.82, 2.24) is 14.9 Å². The molecule has 1 aromatic carbocycles. The van der Waals surface area contributed by atoms with E-state index in [9.17, 15) is 9.59 Å². The minimum absolute atomic E-state index is 0.161. The number of ether oxygens (including phenoxy) is 2. The SMILES string of the molecule is COC(c1cc(Cl)c2c(c1Cl)C(=O)N(Cc1c(=O)[nH]c(C)c3[nH]ccc13)CC2)C1COC1. The third-order valence-corrected chi connectivity index (χ3v) is 7.25. The van der Waals surface area contributed by atoms with Crippen LogP contribution in [0.25, 0.3) is 10.9 Å². The molecule has 1 atom stereocenters. The molecule has 168 valence electrons. The Morgan fingerprint density at radius 3 is 2.78 bits per heavy atom. The van der Waals surface area contributed by atoms with E-state index in [0.717, 1.165) is 22.2 Å². The average molecular weight is 476 g/mol. The highest BCUT2D eigenvalue weighted by molar-refractivity contribution is 6.37. The van der Waals surface area contributed by atoms with Crippen molar-refractivity contribution in [3.8, 4) is 0 Å². The summed E-state index contributed by atoms with van der Waals surface area (Å²) in [7, 11) is 1.62. The normalized spacial score (nSPS) is 17.5. The molecule has 9 heteroatoms. The van der Waals surface area contributed by atoms with Crippen molar-refractivity contribution in [2.45, 2.75) is 26.0 Å². The molecule has 2 N–H and O–H groups in total. The first kappa shape index (κ1) is 21.5. The van der Waals surface area contributed by atoms with Gasteiger partial charge in [0.15, 0.2) is 0 Å². The second-order valence-electron chi connectivity index (χ2n) is 8.37. The van der Waals surface area contributed by atoms with Crippen molar-refractivity contribution in [2.75, 3.05) is 26.9 Å². The molecule has 1 unspecified atom stereocenters. The highest BCUT2D eigenvalue weighted by Gasteiger charge is 2.36. The van der Waals surface area contributed by atoms with E-state index in [-0.39, 0.29) is 30.0 Å². The first-order valence-electron chi connectivity index (χ1n) is 10.5. The van der Waals surface area contributed by atoms with Gasteiger partial charge in [0.25, 0.3) is 11.5 Å². The Morgan fingerprint density at radius 2 is 2.09 bits per heavy atom. The van der Waals surface area contributed by atoms with E-state index in [4.69, 9.17) is 32.7 Å². The predicted molar refractivity (Wildman–Crippen MR) is 123 cm³/mol. The lowest BCUT2D eigenvalue weighted by Gasteiger charge is -2.35. The Balaban J connectivity index is 1.54. The maximum absolute atomic E-state index is 13.6. The van der Waals surface area contributed by atoms with Crippen LogP contribution in [0.15, 0.2) is 23.1 Å². The van der Waals surface area contributed by atoms with E-state index in [1.165, 1.54) is 0 Å². The maximum atomic E-state index is 13.6. The van der Waals surface area contributed by atoms with E-state index in [1.54, 1.807) is 18.2 Å². The molecular weight excluding hydrogens is 453 g/mol. The van der Waals surface area contributed by atoms with Crippen LogP contribution in [0.2, 0.25) is 10.0 Å². The molecule has 3 aromatic rings. The van der Waals surface area contributed by atoms with Crippen molar-refractivity contribution >= 4 is 40.0 Å². The number of fused-ring (bicyclic) bond motifs is 2. The van der Waals surface area contributed by atoms with E-state index in [0.29, 0.717) is 52.9 Å². The predicted octanol–water partition coefficient (Wildman–Crippen LogP) is 4.00. The zero-order valence-electron chi connectivity index (χ0n) is 17.8. The van der Waals surface area contributed by atoms with Gasteiger partial charge in [-0.2, -0.15) is 0 Å². The molecule has 32 heavy (non-hydrogen) atoms. The van der Waals surface area contributed by atoms with Crippen molar-refractivity contribution in [2.24, 2.45) is 5.92 Å². The van der Waals surface area contributed by atoms with Crippen molar-refractivity contribution in [3.05, 3.63) is 66.7 Å². The lowest BCUT2D eigenvalue weighted by molar-refractivity contribution is -0.105. The van der Waals surface area contributed by atoms with Gasteiger partial charge in [-0.1, -0.05) is 23.2 Å². The summed E-state index contributed by atoms with van der Waals surface area (Å²) in [5.74, 6) is -0.0715. The van der Waals surface area contributed by atoms with Crippen molar-refractivity contribution < 1.29 is 14.3 Å². The number of carbonyl (C=O) groups is 1. The summed E-state index contributed by atoms with van der Waals surface area (Å²) in [6.07, 6.45) is 2.05. The number of benzene rings is 1. The molecule has 2 aliphatic rings. The van der Waals surface area contributed by atoms with Crippen LogP contribution in [0.3, 0.4) is 0 Å². The highest BCUT2D eigenvalue weighted by atomic mass is 35.5. The molecule has 0 spiro atoms. The average Bonchev–Trinajstić information content (AvgIpc) is 3.22. The number of methoxy groups -OCH3 is 1. The van der Waals surface area contributed by atoms with Crippen LogP contribution >= 0.6 is 23.2 Å². The van der Waals surface area contributed by atoms with Crippen LogP contribution in [0, 0.1) is 12.8 Å². The highest BCUT2D eigenvalue weighted by Crippen LogP contribution is 2.42. The zero-order chi connectivity index (χ0) is 22.6. The second kappa shape index (κ2) is 8.23. The van der Waals surface area contributed by atoms with Gasteiger partial charge in [0.05, 0.1) is 42.0 Å². The Hall–Kier alpha value is -2.32. The van der Waals surface area contributed by atoms with Gasteiger partial charge in [-0.05, 0) is 31.0 Å². The van der Waals surface area contributed by atoms with Crippen molar-refractivity contribution in [3.63, 3.8) is 0 Å². The molecular formula is C23H23Cl2N3O4. The van der Waals surface area contributed by atoms with Crippen LogP contribution in [0.1, 0.15) is 38.8 Å². The summed E-state index contributed by atoms with van der Waals surface area (Å²) in [6.45, 7) is 3.63. The Kier molecular flexibility index (Phi) is 5.53. The second-order valence-corrected chi connectivity index (χ2v) is 9.15. The standard InChI is InChI=1S/C23H23Cl2N3O4/c1-11-20-13(3-5-26-20)16(22(29)27-11)8-28-6-4-14-17(24)7-15(19(25)18(14)23(28)30)21(31-2)12-9-32-10-12/h3,5,7,12,21,26H,4,6,8-10H2,1-2H3,(H,27,29). The van der Waals surface area contributed by atoms with Gasteiger partial charge in [-0.25, -0.2) is 0 Å². The third-order valence-electron chi connectivity index (χ3n) is 6.50. The van der Waals surface area contributed by atoms with E-state index in [1.807, 2.05) is 19.1 Å². The van der Waals surface area contributed by atoms with Crippen LogP contribution in [0.5, 0.6) is 0 Å². The first-order chi connectivity index (χ1) is 15.4. The monoisotopic (exact) mass is 475 g/mol. The van der Waals surface area contributed by atoms with E-state index >= 15 is 0 Å². The number of hydrogen-bond acceptors (Lipinski definition) is 4. The molecule has 1 amide bonds. The quantitative estimate of drug-likeness (QED) is 0.583. The topological polar surface area (TPSA) is 87.4 Å². The lowest BCUT2D eigenvalue weighted by atomic mass is 9.89.